The highest BCUT2D eigenvalue weighted by atomic mass is 19.1. The van der Waals surface area contributed by atoms with Gasteiger partial charge in [0.2, 0.25) is 0 Å². The maximum absolute atomic E-state index is 13.3. The molecule has 2 aromatic carbocycles. The van der Waals surface area contributed by atoms with Crippen molar-refractivity contribution in [2.75, 3.05) is 17.6 Å². The number of nitrogens with two attached hydrogens (primary N) is 1. The van der Waals surface area contributed by atoms with E-state index in [4.69, 9.17) is 5.73 Å². The fourth-order valence-electron chi connectivity index (χ4n) is 2.06. The molecule has 2 aromatic rings. The monoisotopic (exact) mass is 258 g/mol. The molecule has 0 spiro atoms. The van der Waals surface area contributed by atoms with E-state index in [2.05, 4.69) is 24.4 Å². The molecule has 1 atom stereocenters. The molecule has 0 heterocycles. The smallest absolute Gasteiger partial charge is 0.148 e. The molecule has 0 bridgehead atoms. The van der Waals surface area contributed by atoms with E-state index in [1.165, 1.54) is 11.6 Å². The van der Waals surface area contributed by atoms with Crippen LogP contribution in [0.4, 0.5) is 15.8 Å². The molecule has 0 aliphatic rings. The lowest BCUT2D eigenvalue weighted by molar-refractivity contribution is 0.632. The second-order valence-electron chi connectivity index (χ2n) is 4.73. The van der Waals surface area contributed by atoms with Crippen LogP contribution in [0, 0.1) is 5.82 Å². The van der Waals surface area contributed by atoms with Gasteiger partial charge >= 0.3 is 0 Å². The molecule has 0 aliphatic heterocycles. The van der Waals surface area contributed by atoms with Crippen LogP contribution in [0.1, 0.15) is 24.8 Å². The molecule has 2 rings (SSSR count). The zero-order valence-electron chi connectivity index (χ0n) is 11.1. The first-order valence-corrected chi connectivity index (χ1v) is 6.51. The number of hydrogen-bond acceptors (Lipinski definition) is 2. The Morgan fingerprint density at radius 3 is 2.58 bits per heavy atom. The number of nitrogen functional groups attached to an aromatic ring is 1. The SMILES string of the molecule is CC(CCNc1cccc(F)c1N)c1ccccc1. The van der Waals surface area contributed by atoms with Crippen molar-refractivity contribution in [2.24, 2.45) is 0 Å². The van der Waals surface area contributed by atoms with E-state index in [0.29, 0.717) is 11.6 Å². The number of halogens is 1. The Bertz CT molecular complexity index is 526. The molecule has 0 saturated carbocycles. The lowest BCUT2D eigenvalue weighted by atomic mass is 9.98. The van der Waals surface area contributed by atoms with Gasteiger partial charge in [-0.3, -0.25) is 0 Å². The van der Waals surface area contributed by atoms with Crippen LogP contribution in [0.2, 0.25) is 0 Å². The summed E-state index contributed by atoms with van der Waals surface area (Å²) in [5, 5.41) is 3.19. The standard InChI is InChI=1S/C16H19FN2/c1-12(13-6-3-2-4-7-13)10-11-19-15-9-5-8-14(17)16(15)18/h2-9,12,19H,10-11,18H2,1H3. The van der Waals surface area contributed by atoms with E-state index in [1.807, 2.05) is 18.2 Å². The minimum atomic E-state index is -0.374. The van der Waals surface area contributed by atoms with Crippen LogP contribution >= 0.6 is 0 Å². The average molecular weight is 258 g/mol. The Labute approximate surface area is 113 Å². The normalized spacial score (nSPS) is 12.1. The summed E-state index contributed by atoms with van der Waals surface area (Å²) >= 11 is 0. The molecule has 0 radical (unpaired) electrons. The number of anilines is 2. The lowest BCUT2D eigenvalue weighted by Gasteiger charge is -2.14. The molecular formula is C16H19FN2. The summed E-state index contributed by atoms with van der Waals surface area (Å²) in [5.74, 6) is 0.0876. The van der Waals surface area contributed by atoms with Gasteiger partial charge in [-0.15, -0.1) is 0 Å². The van der Waals surface area contributed by atoms with Crippen molar-refractivity contribution >= 4 is 11.4 Å². The lowest BCUT2D eigenvalue weighted by Crippen LogP contribution is -2.08. The largest absolute Gasteiger partial charge is 0.395 e. The highest BCUT2D eigenvalue weighted by Crippen LogP contribution is 2.23. The molecule has 0 fully saturated rings. The molecule has 100 valence electrons. The Balaban J connectivity index is 1.88. The number of para-hydroxylation sites is 1. The van der Waals surface area contributed by atoms with Gasteiger partial charge in [0.05, 0.1) is 11.4 Å². The second kappa shape index (κ2) is 6.23. The maximum Gasteiger partial charge on any atom is 0.148 e. The Morgan fingerprint density at radius 1 is 1.11 bits per heavy atom. The van der Waals surface area contributed by atoms with Gasteiger partial charge in [-0.1, -0.05) is 43.3 Å². The molecule has 1 unspecified atom stereocenters. The highest BCUT2D eigenvalue weighted by molar-refractivity contribution is 5.66. The quantitative estimate of drug-likeness (QED) is 0.795. The Kier molecular flexibility index (Phi) is 4.39. The van der Waals surface area contributed by atoms with Crippen LogP contribution < -0.4 is 11.1 Å². The van der Waals surface area contributed by atoms with Gasteiger partial charge in [-0.05, 0) is 30.0 Å². The number of rotatable bonds is 5. The number of hydrogen-bond donors (Lipinski definition) is 2. The van der Waals surface area contributed by atoms with Crippen molar-refractivity contribution in [3.63, 3.8) is 0 Å². The van der Waals surface area contributed by atoms with Gasteiger partial charge in [-0.25, -0.2) is 4.39 Å². The summed E-state index contributed by atoms with van der Waals surface area (Å²) in [4.78, 5) is 0. The summed E-state index contributed by atoms with van der Waals surface area (Å²) in [6.07, 6.45) is 0.972. The minimum Gasteiger partial charge on any atom is -0.395 e. The maximum atomic E-state index is 13.3. The van der Waals surface area contributed by atoms with Crippen LogP contribution in [0.3, 0.4) is 0 Å². The first-order chi connectivity index (χ1) is 9.18. The van der Waals surface area contributed by atoms with Crippen molar-refractivity contribution in [3.05, 3.63) is 59.9 Å². The molecule has 0 aliphatic carbocycles. The van der Waals surface area contributed by atoms with E-state index in [1.54, 1.807) is 12.1 Å². The zero-order chi connectivity index (χ0) is 13.7. The van der Waals surface area contributed by atoms with Crippen LogP contribution in [0.5, 0.6) is 0 Å². The van der Waals surface area contributed by atoms with E-state index in [0.717, 1.165) is 13.0 Å². The molecule has 3 N–H and O–H groups in total. The Hall–Kier alpha value is -2.03. The topological polar surface area (TPSA) is 38.0 Å². The summed E-state index contributed by atoms with van der Waals surface area (Å²) in [6.45, 7) is 2.95. The summed E-state index contributed by atoms with van der Waals surface area (Å²) in [5.41, 5.74) is 7.85. The third kappa shape index (κ3) is 3.47. The van der Waals surface area contributed by atoms with Gasteiger partial charge in [0.15, 0.2) is 0 Å². The summed E-state index contributed by atoms with van der Waals surface area (Å²) in [6, 6.07) is 15.2. The van der Waals surface area contributed by atoms with E-state index < -0.39 is 0 Å². The van der Waals surface area contributed by atoms with E-state index in [9.17, 15) is 4.39 Å². The van der Waals surface area contributed by atoms with Crippen molar-refractivity contribution in [2.45, 2.75) is 19.3 Å². The summed E-state index contributed by atoms with van der Waals surface area (Å²) in [7, 11) is 0. The van der Waals surface area contributed by atoms with Gasteiger partial charge in [-0.2, -0.15) is 0 Å². The number of benzene rings is 2. The van der Waals surface area contributed by atoms with Crippen LogP contribution in [-0.4, -0.2) is 6.54 Å². The fraction of sp³-hybridized carbons (Fsp3) is 0.250. The second-order valence-corrected chi connectivity index (χ2v) is 4.73. The molecule has 19 heavy (non-hydrogen) atoms. The highest BCUT2D eigenvalue weighted by Gasteiger charge is 2.06. The zero-order valence-corrected chi connectivity index (χ0v) is 11.1. The van der Waals surface area contributed by atoms with Crippen LogP contribution in [-0.2, 0) is 0 Å². The third-order valence-electron chi connectivity index (χ3n) is 3.31. The van der Waals surface area contributed by atoms with Crippen molar-refractivity contribution < 1.29 is 4.39 Å². The van der Waals surface area contributed by atoms with Crippen molar-refractivity contribution in [1.82, 2.24) is 0 Å². The van der Waals surface area contributed by atoms with Crippen LogP contribution in [0.25, 0.3) is 0 Å². The molecule has 0 amide bonds. The van der Waals surface area contributed by atoms with Crippen LogP contribution in [0.15, 0.2) is 48.5 Å². The van der Waals surface area contributed by atoms with E-state index in [-0.39, 0.29) is 11.5 Å². The molecule has 3 heteroatoms. The van der Waals surface area contributed by atoms with E-state index >= 15 is 0 Å². The first-order valence-electron chi connectivity index (χ1n) is 6.51. The molecular weight excluding hydrogens is 239 g/mol. The molecule has 0 aromatic heterocycles. The predicted octanol–water partition coefficient (Wildman–Crippen LogP) is 4.01. The molecule has 2 nitrogen and oxygen atoms in total. The first kappa shape index (κ1) is 13.4. The third-order valence-corrected chi connectivity index (χ3v) is 3.31. The van der Waals surface area contributed by atoms with Gasteiger partial charge in [0.1, 0.15) is 5.82 Å². The molecule has 0 saturated heterocycles. The van der Waals surface area contributed by atoms with Gasteiger partial charge < -0.3 is 11.1 Å². The van der Waals surface area contributed by atoms with Crippen molar-refractivity contribution in [1.29, 1.82) is 0 Å². The van der Waals surface area contributed by atoms with Gasteiger partial charge in [0.25, 0.3) is 0 Å². The average Bonchev–Trinajstić information content (AvgIpc) is 2.44. The minimum absolute atomic E-state index is 0.190. The van der Waals surface area contributed by atoms with Gasteiger partial charge in [0, 0.05) is 6.54 Å². The summed E-state index contributed by atoms with van der Waals surface area (Å²) < 4.78 is 13.3. The predicted molar refractivity (Wildman–Crippen MR) is 78.8 cm³/mol. The Morgan fingerprint density at radius 2 is 1.84 bits per heavy atom. The number of nitrogens with one attached hydrogen (secondary N) is 1. The van der Waals surface area contributed by atoms with Crippen molar-refractivity contribution in [3.8, 4) is 0 Å². The fourth-order valence-corrected chi connectivity index (χ4v) is 2.06.